The maximum absolute atomic E-state index is 13.3. The van der Waals surface area contributed by atoms with Crippen molar-refractivity contribution >= 4 is 23.5 Å². The van der Waals surface area contributed by atoms with Gasteiger partial charge in [-0.2, -0.15) is 0 Å². The highest BCUT2D eigenvalue weighted by Gasteiger charge is 2.49. The number of rotatable bonds is 5. The van der Waals surface area contributed by atoms with Crippen LogP contribution in [-0.2, 0) is 19.2 Å². The van der Waals surface area contributed by atoms with E-state index in [1.165, 1.54) is 6.92 Å². The van der Waals surface area contributed by atoms with E-state index in [4.69, 9.17) is 0 Å². The number of hydrogen-bond acceptors (Lipinski definition) is 5. The Morgan fingerprint density at radius 2 is 1.52 bits per heavy atom. The van der Waals surface area contributed by atoms with Crippen LogP contribution >= 0.6 is 0 Å². The zero-order valence-electron chi connectivity index (χ0n) is 17.2. The van der Waals surface area contributed by atoms with Crippen molar-refractivity contribution in [2.24, 2.45) is 5.41 Å². The van der Waals surface area contributed by atoms with E-state index in [2.05, 4.69) is 10.6 Å². The molecule has 27 heavy (non-hydrogen) atoms. The molecule has 0 saturated carbocycles. The summed E-state index contributed by atoms with van der Waals surface area (Å²) in [5.74, 6) is -1.29. The lowest BCUT2D eigenvalue weighted by molar-refractivity contribution is -0.144. The van der Waals surface area contributed by atoms with E-state index in [0.29, 0.717) is 25.9 Å². The van der Waals surface area contributed by atoms with Gasteiger partial charge in [-0.05, 0) is 32.2 Å². The number of likely N-dealkylation sites (N-methyl/N-ethyl adjacent to an activating group) is 1. The smallest absolute Gasteiger partial charge is 0.289 e. The first-order valence-corrected chi connectivity index (χ1v) is 9.58. The Kier molecular flexibility index (Phi) is 6.29. The third-order valence-electron chi connectivity index (χ3n) is 5.65. The Morgan fingerprint density at radius 3 is 2.00 bits per heavy atom. The number of carbonyl (C=O) groups is 4. The molecule has 2 heterocycles. The summed E-state index contributed by atoms with van der Waals surface area (Å²) in [5, 5.41) is 5.77. The molecule has 3 amide bonds. The minimum atomic E-state index is -0.655. The third kappa shape index (κ3) is 4.31. The van der Waals surface area contributed by atoms with Gasteiger partial charge in [-0.25, -0.2) is 0 Å². The third-order valence-corrected chi connectivity index (χ3v) is 5.65. The molecule has 2 fully saturated rings. The zero-order chi connectivity index (χ0) is 20.5. The van der Waals surface area contributed by atoms with Crippen molar-refractivity contribution in [2.75, 3.05) is 20.1 Å². The van der Waals surface area contributed by atoms with Gasteiger partial charge in [-0.1, -0.05) is 20.8 Å². The van der Waals surface area contributed by atoms with Gasteiger partial charge in [0.1, 0.15) is 6.04 Å². The van der Waals surface area contributed by atoms with E-state index in [1.54, 1.807) is 23.8 Å². The Hall–Kier alpha value is -1.96. The number of carbonyl (C=O) groups excluding carboxylic acids is 4. The molecular formula is C19H32N4O4. The molecule has 2 N–H and O–H groups in total. The van der Waals surface area contributed by atoms with Gasteiger partial charge >= 0.3 is 0 Å². The highest BCUT2D eigenvalue weighted by atomic mass is 16.2. The minimum absolute atomic E-state index is 0.0933. The molecule has 2 rings (SSSR count). The molecule has 152 valence electrons. The van der Waals surface area contributed by atoms with Crippen molar-refractivity contribution < 1.29 is 19.2 Å². The van der Waals surface area contributed by atoms with Crippen molar-refractivity contribution in [1.82, 2.24) is 20.4 Å². The van der Waals surface area contributed by atoms with E-state index in [1.807, 2.05) is 20.8 Å². The van der Waals surface area contributed by atoms with Crippen LogP contribution in [0.5, 0.6) is 0 Å². The Morgan fingerprint density at radius 1 is 1.00 bits per heavy atom. The van der Waals surface area contributed by atoms with Crippen LogP contribution in [0.25, 0.3) is 0 Å². The number of Topliss-reactive ketones (excluding diaryl/α,β-unsaturated/α-hetero) is 1. The molecule has 2 saturated heterocycles. The number of hydrogen-bond donors (Lipinski definition) is 2. The number of fused-ring (bicyclic) bond motifs is 1. The van der Waals surface area contributed by atoms with Crippen molar-refractivity contribution in [3.63, 3.8) is 0 Å². The largest absolute Gasteiger partial charge is 0.342 e. The molecule has 0 radical (unpaired) electrons. The molecule has 8 nitrogen and oxygen atoms in total. The monoisotopic (exact) mass is 380 g/mol. The van der Waals surface area contributed by atoms with Crippen LogP contribution in [0, 0.1) is 5.41 Å². The van der Waals surface area contributed by atoms with E-state index in [9.17, 15) is 19.2 Å². The van der Waals surface area contributed by atoms with Gasteiger partial charge in [0.2, 0.25) is 17.6 Å². The number of amides is 3. The number of ketones is 1. The van der Waals surface area contributed by atoms with Gasteiger partial charge in [0, 0.05) is 20.0 Å². The van der Waals surface area contributed by atoms with Gasteiger partial charge in [-0.15, -0.1) is 0 Å². The lowest BCUT2D eigenvalue weighted by Gasteiger charge is -2.36. The summed E-state index contributed by atoms with van der Waals surface area (Å²) in [6.45, 7) is 9.81. The predicted octanol–water partition coefficient (Wildman–Crippen LogP) is -0.0840. The van der Waals surface area contributed by atoms with Crippen molar-refractivity contribution in [2.45, 2.75) is 71.6 Å². The first-order chi connectivity index (χ1) is 12.5. The normalized spacial score (nSPS) is 24.4. The van der Waals surface area contributed by atoms with Crippen LogP contribution in [0.2, 0.25) is 0 Å². The molecule has 0 aliphatic carbocycles. The summed E-state index contributed by atoms with van der Waals surface area (Å²) >= 11 is 0. The lowest BCUT2D eigenvalue weighted by Crippen LogP contribution is -2.58. The first kappa shape index (κ1) is 21.3. The zero-order valence-corrected chi connectivity index (χ0v) is 17.2. The fourth-order valence-electron chi connectivity index (χ4n) is 3.93. The van der Waals surface area contributed by atoms with Crippen LogP contribution in [0.1, 0.15) is 47.5 Å². The number of nitrogens with one attached hydrogen (secondary N) is 2. The molecular weight excluding hydrogens is 348 g/mol. The van der Waals surface area contributed by atoms with Gasteiger partial charge in [0.15, 0.2) is 0 Å². The second-order valence-electron chi connectivity index (χ2n) is 8.62. The van der Waals surface area contributed by atoms with Gasteiger partial charge < -0.3 is 20.4 Å². The summed E-state index contributed by atoms with van der Waals surface area (Å²) in [7, 11) is 1.70. The van der Waals surface area contributed by atoms with Crippen LogP contribution in [-0.4, -0.2) is 77.6 Å². The average molecular weight is 380 g/mol. The fourth-order valence-corrected chi connectivity index (χ4v) is 3.93. The van der Waals surface area contributed by atoms with Gasteiger partial charge in [0.25, 0.3) is 5.91 Å². The summed E-state index contributed by atoms with van der Waals surface area (Å²) in [5.41, 5.74) is -0.453. The maximum Gasteiger partial charge on any atom is 0.289 e. The SMILES string of the molecule is CN[C@@H](C)C(=O)NC(C(=O)N1CCC2C1CCN2C(=O)C(C)=O)C(C)(C)C. The molecule has 4 atom stereocenters. The second-order valence-corrected chi connectivity index (χ2v) is 8.62. The van der Waals surface area contributed by atoms with E-state index >= 15 is 0 Å². The standard InChI is InChI=1S/C19H32N4O4/c1-11(20-6)16(25)21-15(19(3,4)5)18(27)23-10-8-13-14(23)7-9-22(13)17(26)12(2)24/h11,13-15,20H,7-10H2,1-6H3,(H,21,25)/t11-,13?,14?,15?/m0/s1. The molecule has 2 aliphatic rings. The van der Waals surface area contributed by atoms with Crippen LogP contribution in [0.4, 0.5) is 0 Å². The first-order valence-electron chi connectivity index (χ1n) is 9.58. The second kappa shape index (κ2) is 7.96. The molecule has 0 aromatic carbocycles. The van der Waals surface area contributed by atoms with Crippen molar-refractivity contribution in [1.29, 1.82) is 0 Å². The molecule has 0 bridgehead atoms. The van der Waals surface area contributed by atoms with E-state index in [-0.39, 0.29) is 23.9 Å². The average Bonchev–Trinajstić information content (AvgIpc) is 3.17. The maximum atomic E-state index is 13.3. The number of likely N-dealkylation sites (tertiary alicyclic amines) is 2. The molecule has 0 aromatic heterocycles. The van der Waals surface area contributed by atoms with Crippen molar-refractivity contribution in [3.8, 4) is 0 Å². The Bertz CT molecular complexity index is 628. The lowest BCUT2D eigenvalue weighted by atomic mass is 9.85. The van der Waals surface area contributed by atoms with Crippen LogP contribution < -0.4 is 10.6 Å². The predicted molar refractivity (Wildman–Crippen MR) is 101 cm³/mol. The highest BCUT2D eigenvalue weighted by molar-refractivity contribution is 6.35. The summed E-state index contributed by atoms with van der Waals surface area (Å²) in [6.07, 6.45) is 1.32. The van der Waals surface area contributed by atoms with Crippen LogP contribution in [0.3, 0.4) is 0 Å². The molecule has 8 heteroatoms. The van der Waals surface area contributed by atoms with Gasteiger partial charge in [-0.3, -0.25) is 19.2 Å². The summed E-state index contributed by atoms with van der Waals surface area (Å²) < 4.78 is 0. The molecule has 3 unspecified atom stereocenters. The van der Waals surface area contributed by atoms with E-state index in [0.717, 1.165) is 0 Å². The summed E-state index contributed by atoms with van der Waals surface area (Å²) in [6, 6.07) is -1.26. The van der Waals surface area contributed by atoms with Crippen molar-refractivity contribution in [3.05, 3.63) is 0 Å². The fraction of sp³-hybridized carbons (Fsp3) is 0.789. The van der Waals surface area contributed by atoms with Crippen LogP contribution in [0.15, 0.2) is 0 Å². The molecule has 2 aliphatic heterocycles. The van der Waals surface area contributed by atoms with E-state index < -0.39 is 29.2 Å². The van der Waals surface area contributed by atoms with Gasteiger partial charge in [0.05, 0.1) is 18.1 Å². The topological polar surface area (TPSA) is 98.8 Å². The Balaban J connectivity index is 2.16. The Labute approximate surface area is 161 Å². The minimum Gasteiger partial charge on any atom is -0.342 e. The highest BCUT2D eigenvalue weighted by Crippen LogP contribution is 2.34. The molecule has 0 aromatic rings. The molecule has 0 spiro atoms. The summed E-state index contributed by atoms with van der Waals surface area (Å²) in [4.78, 5) is 52.6. The quantitative estimate of drug-likeness (QED) is 0.650. The number of nitrogens with zero attached hydrogens (tertiary/aromatic N) is 2.